The van der Waals surface area contributed by atoms with E-state index in [0.717, 1.165) is 37.0 Å². The van der Waals surface area contributed by atoms with Crippen molar-refractivity contribution in [2.45, 2.75) is 41.5 Å². The molecule has 0 aromatic rings. The minimum absolute atomic E-state index is 0. The molecule has 0 rings (SSSR count). The molecule has 25 heavy (non-hydrogen) atoms. The summed E-state index contributed by atoms with van der Waals surface area (Å²) in [6.45, 7) is 12.0. The maximum Gasteiger partial charge on any atom is 2.00 e. The normalized spacial score (nSPS) is 9.52. The van der Waals surface area contributed by atoms with Gasteiger partial charge in [0.05, 0.1) is 24.5 Å². The zero-order valence-corrected chi connectivity index (χ0v) is 18.4. The molecule has 0 spiro atoms. The summed E-state index contributed by atoms with van der Waals surface area (Å²) in [6, 6.07) is 0. The predicted octanol–water partition coefficient (Wildman–Crippen LogP) is 4.34. The molecule has 0 aliphatic heterocycles. The molecule has 0 aliphatic rings. The molecule has 0 radical (unpaired) electrons. The van der Waals surface area contributed by atoms with Crippen LogP contribution in [0.3, 0.4) is 0 Å². The van der Waals surface area contributed by atoms with E-state index in [4.69, 9.17) is 30.6 Å². The Bertz CT molecular complexity index is 340. The van der Waals surface area contributed by atoms with Crippen molar-refractivity contribution in [3.05, 3.63) is 30.6 Å². The minimum Gasteiger partial charge on any atom is -0.356 e. The van der Waals surface area contributed by atoms with Gasteiger partial charge in [0.1, 0.15) is 0 Å². The summed E-state index contributed by atoms with van der Waals surface area (Å²) in [5, 5.41) is 29.5. The second-order valence-electron chi connectivity index (χ2n) is 4.46. The second kappa shape index (κ2) is 21.4. The quantitative estimate of drug-likeness (QED) is 0.249. The zero-order chi connectivity index (χ0) is 20.4. The number of nitrogens with zero attached hydrogens (tertiary/aromatic N) is 2. The molecule has 0 atom stereocenters. The van der Waals surface area contributed by atoms with Crippen molar-refractivity contribution in [2.24, 2.45) is 0 Å². The number of rotatable bonds is 6. The van der Waals surface area contributed by atoms with E-state index in [1.165, 1.54) is 0 Å². The van der Waals surface area contributed by atoms with Crippen LogP contribution in [0.25, 0.3) is 0 Å². The molecule has 0 amide bonds. The fraction of sp³-hybridized carbons (Fsp3) is 1.00. The van der Waals surface area contributed by atoms with Crippen molar-refractivity contribution >= 4 is 14.3 Å². The molecule has 0 unspecified atom stereocenters. The summed E-state index contributed by atoms with van der Waals surface area (Å²) in [7, 11) is -3.32. The maximum absolute atomic E-state index is 11.3. The van der Waals surface area contributed by atoms with Crippen LogP contribution in [0.1, 0.15) is 41.5 Å². The zero-order valence-electron chi connectivity index (χ0n) is 15.6. The van der Waals surface area contributed by atoms with Gasteiger partial charge < -0.3 is 39.8 Å². The van der Waals surface area contributed by atoms with Gasteiger partial charge in [0.15, 0.2) is 0 Å². The molecule has 156 valence electrons. The molecular formula is C12H30N2NiO8P2. The first-order valence-electron chi connectivity index (χ1n) is 7.60. The van der Waals surface area contributed by atoms with Crippen molar-refractivity contribution in [3.63, 3.8) is 0 Å². The molecule has 13 heteroatoms. The van der Waals surface area contributed by atoms with E-state index in [1.807, 2.05) is 41.5 Å². The van der Waals surface area contributed by atoms with Crippen molar-refractivity contribution < 1.29 is 35.8 Å². The first-order valence-corrected chi connectivity index (χ1v) is 12.1. The first kappa shape index (κ1) is 35.5. The van der Waals surface area contributed by atoms with Crippen LogP contribution in [0.2, 0.25) is 0 Å². The van der Waals surface area contributed by atoms with Crippen LogP contribution >= 0.6 is 14.3 Å². The standard InChI is InChI=1S/2C6H15OP.2NO3.Ni/c2*1-4-8(7,5-2)6-3;2*2-1(3)4;/h2*4-6H2,1-3H3;;;/q;;2*-1;+2. The monoisotopic (exact) mass is 450 g/mol. The van der Waals surface area contributed by atoms with Gasteiger partial charge >= 0.3 is 16.5 Å². The molecule has 0 aromatic carbocycles. The van der Waals surface area contributed by atoms with E-state index in [9.17, 15) is 9.13 Å². The van der Waals surface area contributed by atoms with Gasteiger partial charge in [-0.15, -0.1) is 0 Å². The third-order valence-corrected chi connectivity index (χ3v) is 10.4. The molecule has 0 aromatic heterocycles. The van der Waals surface area contributed by atoms with Crippen LogP contribution < -0.4 is 0 Å². The summed E-state index contributed by atoms with van der Waals surface area (Å²) in [6.07, 6.45) is 5.25. The van der Waals surface area contributed by atoms with E-state index < -0.39 is 24.5 Å². The fourth-order valence-electron chi connectivity index (χ4n) is 1.34. The van der Waals surface area contributed by atoms with Crippen molar-refractivity contribution in [3.8, 4) is 0 Å². The van der Waals surface area contributed by atoms with Crippen LogP contribution in [0, 0.1) is 30.6 Å². The van der Waals surface area contributed by atoms with E-state index in [-0.39, 0.29) is 16.5 Å². The van der Waals surface area contributed by atoms with Gasteiger partial charge in [-0.3, -0.25) is 0 Å². The van der Waals surface area contributed by atoms with E-state index >= 15 is 0 Å². The van der Waals surface area contributed by atoms with Gasteiger partial charge in [0.25, 0.3) is 0 Å². The van der Waals surface area contributed by atoms with Gasteiger partial charge in [-0.2, -0.15) is 0 Å². The van der Waals surface area contributed by atoms with Gasteiger partial charge in [-0.25, -0.2) is 0 Å². The van der Waals surface area contributed by atoms with Crippen molar-refractivity contribution in [1.82, 2.24) is 0 Å². The molecule has 0 aliphatic carbocycles. The Balaban J connectivity index is -0.0000000739. The number of hydrogen-bond acceptors (Lipinski definition) is 8. The predicted molar refractivity (Wildman–Crippen MR) is 99.2 cm³/mol. The van der Waals surface area contributed by atoms with E-state index in [1.54, 1.807) is 0 Å². The Labute approximate surface area is 159 Å². The van der Waals surface area contributed by atoms with E-state index in [2.05, 4.69) is 0 Å². The topological polar surface area (TPSA) is 167 Å². The van der Waals surface area contributed by atoms with Crippen LogP contribution in [0.15, 0.2) is 0 Å². The van der Waals surface area contributed by atoms with Gasteiger partial charge in [0.2, 0.25) is 0 Å². The number of hydrogen-bond donors (Lipinski definition) is 0. The summed E-state index contributed by atoms with van der Waals surface area (Å²) < 4.78 is 22.6. The van der Waals surface area contributed by atoms with Gasteiger partial charge in [-0.05, 0) is 37.0 Å². The molecule has 0 saturated carbocycles. The fourth-order valence-corrected chi connectivity index (χ4v) is 4.02. The Hall–Kier alpha value is -0.646. The third kappa shape index (κ3) is 35.4. The largest absolute Gasteiger partial charge is 2.00 e. The molecule has 0 fully saturated rings. The Morgan fingerprint density at radius 3 is 0.640 bits per heavy atom. The van der Waals surface area contributed by atoms with Crippen molar-refractivity contribution in [1.29, 1.82) is 0 Å². The Morgan fingerprint density at radius 1 is 0.560 bits per heavy atom. The average Bonchev–Trinajstić information content (AvgIpc) is 2.53. The van der Waals surface area contributed by atoms with Crippen LogP contribution in [0.4, 0.5) is 0 Å². The summed E-state index contributed by atoms with van der Waals surface area (Å²) in [5.41, 5.74) is 0. The average molecular weight is 451 g/mol. The molecular weight excluding hydrogens is 421 g/mol. The van der Waals surface area contributed by atoms with Gasteiger partial charge in [-0.1, -0.05) is 41.5 Å². The summed E-state index contributed by atoms with van der Waals surface area (Å²) in [4.78, 5) is 16.5. The third-order valence-electron chi connectivity index (χ3n) is 3.46. The van der Waals surface area contributed by atoms with Crippen LogP contribution in [-0.4, -0.2) is 47.1 Å². The molecule has 0 N–H and O–H groups in total. The first-order chi connectivity index (χ1) is 10.8. The summed E-state index contributed by atoms with van der Waals surface area (Å²) in [5.74, 6) is 0. The van der Waals surface area contributed by atoms with E-state index in [0.29, 0.717) is 0 Å². The molecule has 0 bridgehead atoms. The molecule has 10 nitrogen and oxygen atoms in total. The van der Waals surface area contributed by atoms with Gasteiger partial charge in [0, 0.05) is 0 Å². The Morgan fingerprint density at radius 2 is 0.640 bits per heavy atom. The SMILES string of the molecule is CCP(=O)(CC)CC.CCP(=O)(CC)CC.O=[N+]([O-])[O-].O=[N+]([O-])[O-].[Ni+2]. The molecule has 0 heterocycles. The van der Waals surface area contributed by atoms with Crippen LogP contribution in [-0.2, 0) is 25.6 Å². The smallest absolute Gasteiger partial charge is 0.356 e. The second-order valence-corrected chi connectivity index (χ2v) is 12.5. The summed E-state index contributed by atoms with van der Waals surface area (Å²) >= 11 is 0. The Kier molecular flexibility index (Phi) is 30.3. The van der Waals surface area contributed by atoms with Crippen molar-refractivity contribution in [2.75, 3.05) is 37.0 Å². The maximum atomic E-state index is 11.3. The minimum atomic E-state index is -1.75. The van der Waals surface area contributed by atoms with Crippen LogP contribution in [0.5, 0.6) is 0 Å². The molecule has 0 saturated heterocycles.